The van der Waals surface area contributed by atoms with Crippen LogP contribution in [0.15, 0.2) is 12.1 Å². The second kappa shape index (κ2) is 8.55. The second-order valence-electron chi connectivity index (χ2n) is 6.19. The molecule has 1 aliphatic heterocycles. The summed E-state index contributed by atoms with van der Waals surface area (Å²) in [6, 6.07) is 4.22. The van der Waals surface area contributed by atoms with Crippen molar-refractivity contribution in [2.75, 3.05) is 25.5 Å². The van der Waals surface area contributed by atoms with Crippen LogP contribution in [0.5, 0.6) is 5.75 Å². The van der Waals surface area contributed by atoms with Crippen LogP contribution in [0.2, 0.25) is 5.02 Å². The molecule has 1 aromatic rings. The van der Waals surface area contributed by atoms with Crippen molar-refractivity contribution < 1.29 is 9.53 Å². The van der Waals surface area contributed by atoms with Crippen molar-refractivity contribution in [3.8, 4) is 5.75 Å². The molecule has 128 valence electrons. The molecule has 0 saturated carbocycles. The number of nitrogens with zero attached hydrogens (tertiary/aromatic N) is 1. The monoisotopic (exact) mass is 338 g/mol. The molecule has 4 nitrogen and oxygen atoms in total. The molecule has 1 aliphatic rings. The number of hydrogen-bond donors (Lipinski definition) is 1. The molecule has 5 heteroatoms. The van der Waals surface area contributed by atoms with Crippen LogP contribution >= 0.6 is 11.6 Å². The number of carbonyl (C=O) groups is 1. The maximum Gasteiger partial charge on any atom is 0.225 e. The molecule has 1 saturated heterocycles. The van der Waals surface area contributed by atoms with Crippen LogP contribution in [-0.4, -0.2) is 37.0 Å². The van der Waals surface area contributed by atoms with Crippen LogP contribution in [0.1, 0.15) is 44.6 Å². The number of aryl methyl sites for hydroxylation is 1. The van der Waals surface area contributed by atoms with Crippen molar-refractivity contribution in [2.45, 2.75) is 52.0 Å². The summed E-state index contributed by atoms with van der Waals surface area (Å²) in [5, 5.41) is 3.59. The summed E-state index contributed by atoms with van der Waals surface area (Å²) < 4.78 is 5.30. The van der Waals surface area contributed by atoms with E-state index in [1.807, 2.05) is 13.0 Å². The van der Waals surface area contributed by atoms with Gasteiger partial charge in [-0.2, -0.15) is 0 Å². The van der Waals surface area contributed by atoms with E-state index in [2.05, 4.69) is 17.1 Å². The van der Waals surface area contributed by atoms with Gasteiger partial charge in [-0.1, -0.05) is 24.9 Å². The molecule has 1 amide bonds. The maximum atomic E-state index is 12.3. The van der Waals surface area contributed by atoms with Crippen LogP contribution < -0.4 is 10.1 Å². The number of halogens is 1. The van der Waals surface area contributed by atoms with E-state index in [0.29, 0.717) is 28.9 Å². The van der Waals surface area contributed by atoms with Gasteiger partial charge < -0.3 is 10.1 Å². The van der Waals surface area contributed by atoms with Gasteiger partial charge in [0.15, 0.2) is 0 Å². The highest BCUT2D eigenvalue weighted by molar-refractivity contribution is 6.31. The number of amides is 1. The Hall–Kier alpha value is -1.26. The number of ether oxygens (including phenoxy) is 1. The van der Waals surface area contributed by atoms with E-state index >= 15 is 0 Å². The van der Waals surface area contributed by atoms with Crippen LogP contribution in [0.3, 0.4) is 0 Å². The van der Waals surface area contributed by atoms with E-state index in [0.717, 1.165) is 25.1 Å². The van der Waals surface area contributed by atoms with Crippen molar-refractivity contribution in [1.29, 1.82) is 0 Å². The summed E-state index contributed by atoms with van der Waals surface area (Å²) in [5.74, 6) is 0.615. The molecule has 1 unspecified atom stereocenters. The fourth-order valence-corrected chi connectivity index (χ4v) is 3.36. The van der Waals surface area contributed by atoms with Gasteiger partial charge in [0.2, 0.25) is 5.91 Å². The number of piperidine rings is 1. The summed E-state index contributed by atoms with van der Waals surface area (Å²) in [5.41, 5.74) is 1.61. The Morgan fingerprint density at radius 3 is 2.91 bits per heavy atom. The van der Waals surface area contributed by atoms with Crippen molar-refractivity contribution in [3.63, 3.8) is 0 Å². The van der Waals surface area contributed by atoms with Crippen molar-refractivity contribution in [1.82, 2.24) is 4.90 Å². The zero-order chi connectivity index (χ0) is 16.8. The van der Waals surface area contributed by atoms with Gasteiger partial charge in [-0.15, -0.1) is 0 Å². The van der Waals surface area contributed by atoms with Crippen LogP contribution in [0, 0.1) is 6.92 Å². The fourth-order valence-electron chi connectivity index (χ4n) is 3.20. The molecule has 1 atom stereocenters. The Bertz CT molecular complexity index is 548. The summed E-state index contributed by atoms with van der Waals surface area (Å²) in [7, 11) is 1.58. The minimum Gasteiger partial charge on any atom is -0.495 e. The number of methoxy groups -OCH3 is 1. The number of likely N-dealkylation sites (tertiary alicyclic amines) is 1. The molecular formula is C18H27ClN2O2. The summed E-state index contributed by atoms with van der Waals surface area (Å²) in [4.78, 5) is 14.7. The predicted octanol–water partition coefficient (Wildman–Crippen LogP) is 4.25. The highest BCUT2D eigenvalue weighted by Gasteiger charge is 2.21. The maximum absolute atomic E-state index is 12.3. The van der Waals surface area contributed by atoms with E-state index < -0.39 is 0 Å². The molecule has 0 bridgehead atoms. The second-order valence-corrected chi connectivity index (χ2v) is 6.60. The third-order valence-electron chi connectivity index (χ3n) is 4.60. The van der Waals surface area contributed by atoms with Gasteiger partial charge in [0, 0.05) is 30.1 Å². The van der Waals surface area contributed by atoms with E-state index in [1.54, 1.807) is 13.2 Å². The van der Waals surface area contributed by atoms with Crippen LogP contribution in [0.25, 0.3) is 0 Å². The first-order valence-corrected chi connectivity index (χ1v) is 8.81. The number of benzene rings is 1. The lowest BCUT2D eigenvalue weighted by molar-refractivity contribution is -0.116. The lowest BCUT2D eigenvalue weighted by atomic mass is 10.00. The zero-order valence-electron chi connectivity index (χ0n) is 14.3. The smallest absolute Gasteiger partial charge is 0.225 e. The topological polar surface area (TPSA) is 41.6 Å². The number of hydrogen-bond acceptors (Lipinski definition) is 3. The first-order chi connectivity index (χ1) is 11.0. The van der Waals surface area contributed by atoms with E-state index in [4.69, 9.17) is 16.3 Å². The standard InChI is InChI=1S/C18H27ClN2O2/c1-4-14-7-5-6-9-21(14)10-8-18(22)20-16-11-13(2)15(19)12-17(16)23-3/h11-12,14H,4-10H2,1-3H3,(H,20,22). The average molecular weight is 339 g/mol. The van der Waals surface area contributed by atoms with E-state index in [1.165, 1.54) is 19.3 Å². The number of rotatable bonds is 6. The quantitative estimate of drug-likeness (QED) is 0.843. The van der Waals surface area contributed by atoms with E-state index in [-0.39, 0.29) is 5.91 Å². The average Bonchev–Trinajstić information content (AvgIpc) is 2.56. The Morgan fingerprint density at radius 2 is 2.22 bits per heavy atom. The minimum atomic E-state index is 0.0189. The number of carbonyl (C=O) groups excluding carboxylic acids is 1. The largest absolute Gasteiger partial charge is 0.495 e. The Balaban J connectivity index is 1.93. The van der Waals surface area contributed by atoms with Crippen molar-refractivity contribution in [3.05, 3.63) is 22.7 Å². The zero-order valence-corrected chi connectivity index (χ0v) is 15.1. The molecule has 0 aromatic heterocycles. The first-order valence-electron chi connectivity index (χ1n) is 8.43. The summed E-state index contributed by atoms with van der Waals surface area (Å²) >= 11 is 6.10. The molecular weight excluding hydrogens is 312 g/mol. The number of nitrogens with one attached hydrogen (secondary N) is 1. The highest BCUT2D eigenvalue weighted by atomic mass is 35.5. The van der Waals surface area contributed by atoms with Crippen LogP contribution in [-0.2, 0) is 4.79 Å². The SMILES string of the molecule is CCC1CCCCN1CCC(=O)Nc1cc(C)c(Cl)cc1OC. The van der Waals surface area contributed by atoms with Gasteiger partial charge >= 0.3 is 0 Å². The molecule has 1 N–H and O–H groups in total. The number of anilines is 1. The van der Waals surface area contributed by atoms with Crippen molar-refractivity contribution in [2.24, 2.45) is 0 Å². The van der Waals surface area contributed by atoms with Gasteiger partial charge in [-0.05, 0) is 44.4 Å². The van der Waals surface area contributed by atoms with Gasteiger partial charge in [0.25, 0.3) is 0 Å². The Labute approximate surface area is 144 Å². The highest BCUT2D eigenvalue weighted by Crippen LogP contribution is 2.31. The first kappa shape index (κ1) is 18.1. The Morgan fingerprint density at radius 1 is 1.43 bits per heavy atom. The van der Waals surface area contributed by atoms with E-state index in [9.17, 15) is 4.79 Å². The molecule has 1 fully saturated rings. The third kappa shape index (κ3) is 4.85. The van der Waals surface area contributed by atoms with Gasteiger partial charge in [-0.25, -0.2) is 0 Å². The normalized spacial score (nSPS) is 18.7. The predicted molar refractivity (Wildman–Crippen MR) is 95.5 cm³/mol. The minimum absolute atomic E-state index is 0.0189. The van der Waals surface area contributed by atoms with Gasteiger partial charge in [0.05, 0.1) is 12.8 Å². The fraction of sp³-hybridized carbons (Fsp3) is 0.611. The van der Waals surface area contributed by atoms with Gasteiger partial charge in [0.1, 0.15) is 5.75 Å². The summed E-state index contributed by atoms with van der Waals surface area (Å²) in [6.45, 7) is 6.07. The third-order valence-corrected chi connectivity index (χ3v) is 5.01. The molecule has 0 aliphatic carbocycles. The molecule has 0 radical (unpaired) electrons. The molecule has 23 heavy (non-hydrogen) atoms. The lowest BCUT2D eigenvalue weighted by Crippen LogP contribution is -2.40. The molecule has 0 spiro atoms. The van der Waals surface area contributed by atoms with Gasteiger partial charge in [-0.3, -0.25) is 9.69 Å². The molecule has 2 rings (SSSR count). The summed E-state index contributed by atoms with van der Waals surface area (Å²) in [6.07, 6.45) is 5.46. The van der Waals surface area contributed by atoms with Crippen LogP contribution in [0.4, 0.5) is 5.69 Å². The molecule has 1 aromatic carbocycles. The Kier molecular flexibility index (Phi) is 6.72. The van der Waals surface area contributed by atoms with Crippen molar-refractivity contribution >= 4 is 23.2 Å². The molecule has 1 heterocycles. The lowest BCUT2D eigenvalue weighted by Gasteiger charge is -2.35.